The minimum absolute atomic E-state index is 0.0501. The Hall–Kier alpha value is -2.67. The van der Waals surface area contributed by atoms with E-state index in [9.17, 15) is 13.6 Å². The Labute approximate surface area is 163 Å². The van der Waals surface area contributed by atoms with Gasteiger partial charge in [-0.15, -0.1) is 0 Å². The average molecular weight is 390 g/mol. The summed E-state index contributed by atoms with van der Waals surface area (Å²) in [4.78, 5) is 16.6. The Morgan fingerprint density at radius 2 is 1.82 bits per heavy atom. The number of hydrogen-bond acceptors (Lipinski definition) is 3. The smallest absolute Gasteiger partial charge is 0.277 e. The van der Waals surface area contributed by atoms with E-state index in [1.54, 1.807) is 13.2 Å². The van der Waals surface area contributed by atoms with E-state index in [0.717, 1.165) is 30.6 Å². The molecule has 28 heavy (non-hydrogen) atoms. The summed E-state index contributed by atoms with van der Waals surface area (Å²) in [6.45, 7) is 4.92. The van der Waals surface area contributed by atoms with Crippen LogP contribution in [0.2, 0.25) is 0 Å². The normalized spacial score (nSPS) is 15.4. The number of rotatable bonds is 6. The van der Waals surface area contributed by atoms with Crippen molar-refractivity contribution in [2.75, 3.05) is 44.7 Å². The molecule has 0 unspecified atom stereocenters. The first kappa shape index (κ1) is 20.1. The van der Waals surface area contributed by atoms with Gasteiger partial charge in [0.2, 0.25) is 0 Å². The molecule has 0 aromatic heterocycles. The lowest BCUT2D eigenvalue weighted by molar-refractivity contribution is -0.683. The zero-order chi connectivity index (χ0) is 20.1. The molecule has 0 aliphatic carbocycles. The molecular weight excluding hydrogens is 364 g/mol. The number of amides is 1. The van der Waals surface area contributed by atoms with E-state index in [2.05, 4.69) is 4.90 Å². The van der Waals surface area contributed by atoms with Crippen molar-refractivity contribution in [2.45, 2.75) is 13.0 Å². The van der Waals surface area contributed by atoms with Crippen molar-refractivity contribution >= 4 is 11.6 Å². The second-order valence-corrected chi connectivity index (χ2v) is 6.94. The Balaban J connectivity index is 1.50. The molecule has 0 saturated carbocycles. The molecule has 2 aromatic rings. The van der Waals surface area contributed by atoms with E-state index in [-0.39, 0.29) is 18.5 Å². The summed E-state index contributed by atoms with van der Waals surface area (Å²) < 4.78 is 31.9. The Morgan fingerprint density at radius 1 is 1.11 bits per heavy atom. The molecule has 0 radical (unpaired) electrons. The number of halogens is 2. The van der Waals surface area contributed by atoms with E-state index in [1.807, 2.05) is 41.4 Å². The maximum absolute atomic E-state index is 13.4. The third kappa shape index (κ3) is 4.59. The zero-order valence-electron chi connectivity index (χ0n) is 16.2. The van der Waals surface area contributed by atoms with Crippen LogP contribution in [0.25, 0.3) is 0 Å². The van der Waals surface area contributed by atoms with Crippen LogP contribution in [-0.4, -0.2) is 50.6 Å². The van der Waals surface area contributed by atoms with Gasteiger partial charge in [0.15, 0.2) is 18.2 Å². The SMILES string of the molecule is COc1ccccc1N1CCN(C(=O)C[NH2+][C@@H](C)c2ccc(F)c(F)c2)CC1. The topological polar surface area (TPSA) is 49.4 Å². The summed E-state index contributed by atoms with van der Waals surface area (Å²) in [6.07, 6.45) is 0. The molecule has 150 valence electrons. The van der Waals surface area contributed by atoms with Crippen molar-refractivity contribution in [1.82, 2.24) is 4.90 Å². The maximum Gasteiger partial charge on any atom is 0.277 e. The number of ether oxygens (including phenoxy) is 1. The number of carbonyl (C=O) groups excluding carboxylic acids is 1. The van der Waals surface area contributed by atoms with Gasteiger partial charge in [-0.1, -0.05) is 12.1 Å². The molecule has 1 saturated heterocycles. The van der Waals surface area contributed by atoms with Gasteiger partial charge in [0.05, 0.1) is 12.8 Å². The number of para-hydroxylation sites is 2. The van der Waals surface area contributed by atoms with E-state index in [1.165, 1.54) is 6.07 Å². The highest BCUT2D eigenvalue weighted by atomic mass is 19.2. The van der Waals surface area contributed by atoms with Crippen LogP contribution in [0.1, 0.15) is 18.5 Å². The van der Waals surface area contributed by atoms with Crippen LogP contribution in [-0.2, 0) is 4.79 Å². The molecular formula is C21H26F2N3O2+. The predicted molar refractivity (Wildman–Crippen MR) is 103 cm³/mol. The van der Waals surface area contributed by atoms with Crippen molar-refractivity contribution in [3.8, 4) is 5.75 Å². The standard InChI is InChI=1S/C21H25F2N3O2/c1-15(16-7-8-17(22)18(23)13-16)24-14-21(27)26-11-9-25(10-12-26)19-5-3-4-6-20(19)28-2/h3-8,13,15,24H,9-12,14H2,1-2H3/p+1/t15-/m0/s1. The van der Waals surface area contributed by atoms with Crippen molar-refractivity contribution in [3.63, 3.8) is 0 Å². The minimum atomic E-state index is -0.864. The van der Waals surface area contributed by atoms with Gasteiger partial charge in [-0.3, -0.25) is 4.79 Å². The first-order valence-electron chi connectivity index (χ1n) is 9.43. The summed E-state index contributed by atoms with van der Waals surface area (Å²) in [5, 5.41) is 1.85. The highest BCUT2D eigenvalue weighted by molar-refractivity contribution is 5.77. The van der Waals surface area contributed by atoms with Crippen LogP contribution in [0.5, 0.6) is 5.75 Å². The molecule has 0 spiro atoms. The molecule has 7 heteroatoms. The third-order valence-corrected chi connectivity index (χ3v) is 5.17. The Morgan fingerprint density at radius 3 is 2.50 bits per heavy atom. The molecule has 1 aliphatic rings. The van der Waals surface area contributed by atoms with Gasteiger partial charge in [-0.25, -0.2) is 8.78 Å². The van der Waals surface area contributed by atoms with Gasteiger partial charge < -0.3 is 19.9 Å². The highest BCUT2D eigenvalue weighted by Gasteiger charge is 2.24. The first-order valence-corrected chi connectivity index (χ1v) is 9.43. The lowest BCUT2D eigenvalue weighted by Gasteiger charge is -2.36. The maximum atomic E-state index is 13.4. The number of piperazine rings is 1. The van der Waals surface area contributed by atoms with Crippen LogP contribution < -0.4 is 15.0 Å². The van der Waals surface area contributed by atoms with Gasteiger partial charge in [0.1, 0.15) is 11.8 Å². The van der Waals surface area contributed by atoms with E-state index < -0.39 is 11.6 Å². The fourth-order valence-electron chi connectivity index (χ4n) is 3.43. The fourth-order valence-corrected chi connectivity index (χ4v) is 3.43. The first-order chi connectivity index (χ1) is 13.5. The number of carbonyl (C=O) groups is 1. The fraction of sp³-hybridized carbons (Fsp3) is 0.381. The van der Waals surface area contributed by atoms with Crippen LogP contribution in [0.3, 0.4) is 0 Å². The van der Waals surface area contributed by atoms with E-state index in [4.69, 9.17) is 4.74 Å². The minimum Gasteiger partial charge on any atom is -0.495 e. The van der Waals surface area contributed by atoms with Crippen molar-refractivity contribution in [1.29, 1.82) is 0 Å². The Bertz CT molecular complexity index is 823. The number of benzene rings is 2. The number of quaternary nitrogens is 1. The van der Waals surface area contributed by atoms with Gasteiger partial charge in [-0.05, 0) is 37.3 Å². The second-order valence-electron chi connectivity index (χ2n) is 6.94. The summed E-state index contributed by atoms with van der Waals surface area (Å²) in [5.41, 5.74) is 1.70. The molecule has 0 bridgehead atoms. The predicted octanol–water partition coefficient (Wildman–Crippen LogP) is 1.95. The molecule has 1 aliphatic heterocycles. The van der Waals surface area contributed by atoms with Crippen molar-refractivity contribution in [2.24, 2.45) is 0 Å². The number of methoxy groups -OCH3 is 1. The highest BCUT2D eigenvalue weighted by Crippen LogP contribution is 2.28. The largest absolute Gasteiger partial charge is 0.495 e. The molecule has 1 atom stereocenters. The monoisotopic (exact) mass is 390 g/mol. The molecule has 3 rings (SSSR count). The molecule has 2 aromatic carbocycles. The molecule has 1 amide bonds. The number of hydrogen-bond donors (Lipinski definition) is 1. The summed E-state index contributed by atoms with van der Waals surface area (Å²) in [5.74, 6) is -0.846. The molecule has 1 heterocycles. The zero-order valence-corrected chi connectivity index (χ0v) is 16.2. The van der Waals surface area contributed by atoms with Gasteiger partial charge in [-0.2, -0.15) is 0 Å². The van der Waals surface area contributed by atoms with E-state index in [0.29, 0.717) is 18.7 Å². The van der Waals surface area contributed by atoms with E-state index >= 15 is 0 Å². The second kappa shape index (κ2) is 9.01. The molecule has 5 nitrogen and oxygen atoms in total. The lowest BCUT2D eigenvalue weighted by Crippen LogP contribution is -2.87. The third-order valence-electron chi connectivity index (χ3n) is 5.17. The van der Waals surface area contributed by atoms with Gasteiger partial charge in [0.25, 0.3) is 5.91 Å². The summed E-state index contributed by atoms with van der Waals surface area (Å²) >= 11 is 0. The molecule has 1 fully saturated rings. The number of anilines is 1. The lowest BCUT2D eigenvalue weighted by atomic mass is 10.1. The van der Waals surface area contributed by atoms with Gasteiger partial charge in [0, 0.05) is 31.7 Å². The summed E-state index contributed by atoms with van der Waals surface area (Å²) in [6, 6.07) is 11.6. The van der Waals surface area contributed by atoms with Gasteiger partial charge >= 0.3 is 0 Å². The van der Waals surface area contributed by atoms with Crippen molar-refractivity contribution < 1.29 is 23.6 Å². The van der Waals surface area contributed by atoms with Crippen LogP contribution in [0.4, 0.5) is 14.5 Å². The Kier molecular flexibility index (Phi) is 6.46. The van der Waals surface area contributed by atoms with Crippen LogP contribution in [0, 0.1) is 11.6 Å². The average Bonchev–Trinajstić information content (AvgIpc) is 2.73. The quantitative estimate of drug-likeness (QED) is 0.820. The van der Waals surface area contributed by atoms with Crippen LogP contribution in [0.15, 0.2) is 42.5 Å². The van der Waals surface area contributed by atoms with Crippen molar-refractivity contribution in [3.05, 3.63) is 59.7 Å². The summed E-state index contributed by atoms with van der Waals surface area (Å²) in [7, 11) is 1.66. The number of nitrogens with two attached hydrogens (primary N) is 1. The number of nitrogens with zero attached hydrogens (tertiary/aromatic N) is 2. The molecule has 2 N–H and O–H groups in total. The van der Waals surface area contributed by atoms with Crippen LogP contribution >= 0.6 is 0 Å².